The van der Waals surface area contributed by atoms with Crippen molar-refractivity contribution in [1.29, 1.82) is 10.5 Å². The van der Waals surface area contributed by atoms with Crippen LogP contribution in [0.4, 0.5) is 102 Å². The quantitative estimate of drug-likeness (QED) is 0.126. The molecule has 0 amide bonds. The van der Waals surface area contributed by atoms with E-state index in [4.69, 9.17) is 0 Å². The van der Waals surface area contributed by atoms with E-state index in [-0.39, 0.29) is 13.4 Å². The van der Waals surface area contributed by atoms with Gasteiger partial charge in [-0.3, -0.25) is 0 Å². The third-order valence-electron chi connectivity index (χ3n) is 18.2. The predicted molar refractivity (Wildman–Crippen MR) is 373 cm³/mol. The molecule has 4 aliphatic heterocycles. The van der Waals surface area contributed by atoms with E-state index in [0.717, 1.165) is 135 Å². The molecule has 0 radical (unpaired) electrons. The number of benzene rings is 13. The monoisotopic (exact) mass is 1150 g/mol. The van der Waals surface area contributed by atoms with Crippen LogP contribution in [0.15, 0.2) is 315 Å². The first-order chi connectivity index (χ1) is 44.7. The number of nitrogens with zero attached hydrogens (tertiary/aromatic N) is 8. The maximum Gasteiger partial charge on any atom is 0.252 e. The lowest BCUT2D eigenvalue weighted by atomic mass is 9.30. The van der Waals surface area contributed by atoms with Crippen molar-refractivity contribution in [3.05, 3.63) is 327 Å². The average Bonchev–Trinajstić information content (AvgIpc) is 0.687. The Labute approximate surface area is 524 Å². The smallest absolute Gasteiger partial charge is 0.252 e. The van der Waals surface area contributed by atoms with E-state index in [2.05, 4.69) is 333 Å². The lowest BCUT2D eigenvalue weighted by molar-refractivity contribution is 1.20. The zero-order valence-electron chi connectivity index (χ0n) is 48.8. The van der Waals surface area contributed by atoms with Gasteiger partial charge < -0.3 is 29.4 Å². The molecular weight excluding hydrogens is 1090 g/mol. The summed E-state index contributed by atoms with van der Waals surface area (Å²) in [4.78, 5) is 14.1. The van der Waals surface area contributed by atoms with Gasteiger partial charge in [-0.2, -0.15) is 10.5 Å². The number of anilines is 18. The maximum atomic E-state index is 12.2. The van der Waals surface area contributed by atoms with Gasteiger partial charge in [0.2, 0.25) is 0 Å². The Morgan fingerprint density at radius 3 is 0.844 bits per heavy atom. The van der Waals surface area contributed by atoms with Crippen molar-refractivity contribution < 1.29 is 0 Å². The Morgan fingerprint density at radius 2 is 0.533 bits per heavy atom. The molecule has 0 bridgehead atoms. The highest BCUT2D eigenvalue weighted by Crippen LogP contribution is 2.54. The summed E-state index contributed by atoms with van der Waals surface area (Å²) >= 11 is 0. The topological polar surface area (TPSA) is 67.0 Å². The number of para-hydroxylation sites is 10. The number of fused-ring (bicyclic) bond motifs is 8. The van der Waals surface area contributed by atoms with Gasteiger partial charge in [-0.05, 0) is 160 Å². The van der Waals surface area contributed by atoms with Crippen molar-refractivity contribution in [2.75, 3.05) is 29.4 Å². The standard InChI is InChI=1S/C80H52B2N8/c83-53-63-71(85(55-29-9-1-10-30-55)56-31-11-2-12-32-56)50-75-77-79(63)89(61-41-21-7-22-42-61)69-47-27-25-45-65(69)81(77)67-49-68-74(52-73(67)87(75)59-37-17-5-18-38-59)88(60-39-19-6-20-40-60)76-51-72(86(57-33-13-3-14-34-57)58-35-15-4-16-36-58)64(54-84)80-78(76)82(68)66-46-26-28-48-70(66)90(80)62-43-23-8-24-44-62/h1-52H. The van der Waals surface area contributed by atoms with Crippen LogP contribution in [0.25, 0.3) is 0 Å². The van der Waals surface area contributed by atoms with Gasteiger partial charge in [0.05, 0.1) is 33.9 Å². The van der Waals surface area contributed by atoms with Crippen LogP contribution in [0.2, 0.25) is 0 Å². The Balaban J connectivity index is 1.02. The molecule has 0 aliphatic carbocycles. The largest absolute Gasteiger partial charge is 0.311 e. The highest BCUT2D eigenvalue weighted by Gasteiger charge is 2.50. The maximum absolute atomic E-state index is 12.2. The second-order valence-corrected chi connectivity index (χ2v) is 23.0. The molecule has 0 spiro atoms. The van der Waals surface area contributed by atoms with Crippen LogP contribution in [-0.4, -0.2) is 13.4 Å². The molecule has 4 aliphatic rings. The third-order valence-corrected chi connectivity index (χ3v) is 18.2. The summed E-state index contributed by atoms with van der Waals surface area (Å²) in [5, 5.41) is 24.5. The fourth-order valence-corrected chi connectivity index (χ4v) is 14.6. The Morgan fingerprint density at radius 1 is 0.256 bits per heavy atom. The van der Waals surface area contributed by atoms with Gasteiger partial charge in [-0.25, -0.2) is 0 Å². The molecule has 10 heteroatoms. The molecule has 0 saturated carbocycles. The second kappa shape index (κ2) is 21.3. The second-order valence-electron chi connectivity index (χ2n) is 23.0. The normalized spacial score (nSPS) is 12.7. The summed E-state index contributed by atoms with van der Waals surface area (Å²) < 4.78 is 0. The molecule has 0 atom stereocenters. The van der Waals surface area contributed by atoms with E-state index in [1.165, 1.54) is 0 Å². The van der Waals surface area contributed by atoms with E-state index in [1.54, 1.807) is 0 Å². The van der Waals surface area contributed by atoms with Crippen LogP contribution in [0.1, 0.15) is 11.1 Å². The van der Waals surface area contributed by atoms with E-state index < -0.39 is 0 Å². The van der Waals surface area contributed by atoms with Crippen LogP contribution < -0.4 is 62.2 Å². The summed E-state index contributed by atoms with van der Waals surface area (Å²) in [5.74, 6) is 0. The fraction of sp³-hybridized carbons (Fsp3) is 0. The summed E-state index contributed by atoms with van der Waals surface area (Å²) in [6, 6.07) is 117. The molecule has 418 valence electrons. The molecule has 90 heavy (non-hydrogen) atoms. The van der Waals surface area contributed by atoms with Crippen molar-refractivity contribution >= 4 is 149 Å². The van der Waals surface area contributed by atoms with Gasteiger partial charge in [0.25, 0.3) is 13.4 Å². The van der Waals surface area contributed by atoms with Crippen molar-refractivity contribution in [2.24, 2.45) is 0 Å². The summed E-state index contributed by atoms with van der Waals surface area (Å²) in [5.41, 5.74) is 24.3. The van der Waals surface area contributed by atoms with Crippen LogP contribution in [0, 0.1) is 22.7 Å². The number of hydrogen-bond acceptors (Lipinski definition) is 8. The SMILES string of the molecule is N#Cc1c(N(c2ccccc2)c2ccccc2)cc2c3c1N(c1ccccc1)c1ccccc1B3c1cc3c(cc1N2c1ccccc1)N(c1ccccc1)c1cc(N(c2ccccc2)c2ccccc2)c(C#N)c2c1B3c1ccccc1N2c1ccccc1. The molecule has 8 nitrogen and oxygen atoms in total. The Bertz CT molecular complexity index is 4620. The minimum atomic E-state index is -0.359. The van der Waals surface area contributed by atoms with Gasteiger partial charge in [-0.1, -0.05) is 188 Å². The molecule has 0 N–H and O–H groups in total. The number of rotatable bonds is 10. The highest BCUT2D eigenvalue weighted by molar-refractivity contribution is 7.03. The van der Waals surface area contributed by atoms with Crippen LogP contribution in [-0.2, 0) is 0 Å². The van der Waals surface area contributed by atoms with E-state index in [9.17, 15) is 10.5 Å². The van der Waals surface area contributed by atoms with Gasteiger partial charge in [0.15, 0.2) is 0 Å². The summed E-state index contributed by atoms with van der Waals surface area (Å²) in [6.07, 6.45) is 0. The van der Waals surface area contributed by atoms with Gasteiger partial charge in [0.1, 0.15) is 12.1 Å². The molecule has 13 aromatic carbocycles. The van der Waals surface area contributed by atoms with Crippen LogP contribution in [0.5, 0.6) is 0 Å². The van der Waals surface area contributed by atoms with Crippen molar-refractivity contribution in [3.8, 4) is 12.1 Å². The number of hydrogen-bond donors (Lipinski definition) is 0. The molecule has 0 saturated heterocycles. The molecule has 17 rings (SSSR count). The van der Waals surface area contributed by atoms with Crippen molar-refractivity contribution in [2.45, 2.75) is 0 Å². The molecule has 13 aromatic rings. The minimum Gasteiger partial charge on any atom is -0.311 e. The fourth-order valence-electron chi connectivity index (χ4n) is 14.6. The van der Waals surface area contributed by atoms with Crippen LogP contribution in [0.3, 0.4) is 0 Å². The van der Waals surface area contributed by atoms with E-state index in [0.29, 0.717) is 11.1 Å². The summed E-state index contributed by atoms with van der Waals surface area (Å²) in [7, 11) is 0. The Hall–Kier alpha value is -12.2. The Kier molecular flexibility index (Phi) is 12.4. The first kappa shape index (κ1) is 52.1. The van der Waals surface area contributed by atoms with Crippen LogP contribution >= 0.6 is 0 Å². The molecular formula is C80H52B2N8. The van der Waals surface area contributed by atoms with Crippen molar-refractivity contribution in [1.82, 2.24) is 0 Å². The predicted octanol–water partition coefficient (Wildman–Crippen LogP) is 16.5. The first-order valence-electron chi connectivity index (χ1n) is 30.5. The van der Waals surface area contributed by atoms with E-state index >= 15 is 0 Å². The third kappa shape index (κ3) is 8.02. The lowest BCUT2D eigenvalue weighted by Gasteiger charge is -2.48. The minimum absolute atomic E-state index is 0.359. The molecule has 0 fully saturated rings. The van der Waals surface area contributed by atoms with Gasteiger partial charge in [-0.15, -0.1) is 0 Å². The first-order valence-corrected chi connectivity index (χ1v) is 30.5. The molecule has 0 aromatic heterocycles. The zero-order chi connectivity index (χ0) is 59.8. The summed E-state index contributed by atoms with van der Waals surface area (Å²) in [6.45, 7) is -0.718. The molecule has 4 heterocycles. The van der Waals surface area contributed by atoms with Gasteiger partial charge >= 0.3 is 0 Å². The molecule has 0 unspecified atom stereocenters. The lowest BCUT2D eigenvalue weighted by Crippen LogP contribution is -2.65. The highest BCUT2D eigenvalue weighted by atomic mass is 15.2. The number of nitriles is 2. The van der Waals surface area contributed by atoms with Gasteiger partial charge in [0, 0.05) is 79.6 Å². The van der Waals surface area contributed by atoms with E-state index in [1.807, 2.05) is 24.3 Å². The van der Waals surface area contributed by atoms with Crippen molar-refractivity contribution in [3.63, 3.8) is 0 Å². The average molecular weight is 1150 g/mol. The zero-order valence-corrected chi connectivity index (χ0v) is 48.8.